The molecule has 0 fully saturated rings. The minimum Gasteiger partial charge on any atom is -0.503 e. The first-order chi connectivity index (χ1) is 10.8. The molecule has 0 saturated carbocycles. The lowest BCUT2D eigenvalue weighted by Gasteiger charge is -2.10. The molecule has 2 N–H and O–H groups in total. The number of nitrogens with one attached hydrogen (secondary N) is 1. The standard InChI is InChI=1S/C14H11F3N2O4/c1-22-10-6-7-18-11(12(10)20)13(21)19-8-2-4-9(5-3-8)23-14(15,16)17/h2-7,20H,1H3,(H,19,21). The molecule has 0 aliphatic rings. The van der Waals surface area contributed by atoms with Gasteiger partial charge in [-0.15, -0.1) is 13.2 Å². The number of alkyl halides is 3. The molecule has 0 radical (unpaired) electrons. The maximum Gasteiger partial charge on any atom is 0.573 e. The van der Waals surface area contributed by atoms with Crippen LogP contribution >= 0.6 is 0 Å². The maximum atomic E-state index is 12.0. The number of rotatable bonds is 4. The Bertz CT molecular complexity index is 702. The van der Waals surface area contributed by atoms with Gasteiger partial charge in [-0.2, -0.15) is 0 Å². The van der Waals surface area contributed by atoms with Crippen LogP contribution in [0.3, 0.4) is 0 Å². The van der Waals surface area contributed by atoms with E-state index >= 15 is 0 Å². The molecule has 1 amide bonds. The van der Waals surface area contributed by atoms with Crippen LogP contribution in [0.15, 0.2) is 36.5 Å². The molecule has 0 bridgehead atoms. The first-order valence-corrected chi connectivity index (χ1v) is 6.19. The summed E-state index contributed by atoms with van der Waals surface area (Å²) in [7, 11) is 1.32. The molecule has 122 valence electrons. The molecule has 9 heteroatoms. The number of ether oxygens (including phenoxy) is 2. The van der Waals surface area contributed by atoms with Gasteiger partial charge in [0, 0.05) is 18.0 Å². The van der Waals surface area contributed by atoms with E-state index in [4.69, 9.17) is 4.74 Å². The molecule has 0 atom stereocenters. The van der Waals surface area contributed by atoms with E-state index in [0.717, 1.165) is 12.1 Å². The number of carbonyl (C=O) groups excluding carboxylic acids is 1. The fourth-order valence-corrected chi connectivity index (χ4v) is 1.70. The van der Waals surface area contributed by atoms with Crippen molar-refractivity contribution in [1.82, 2.24) is 4.98 Å². The number of aromatic nitrogens is 1. The van der Waals surface area contributed by atoms with Gasteiger partial charge in [0.1, 0.15) is 5.75 Å². The van der Waals surface area contributed by atoms with Crippen molar-refractivity contribution < 1.29 is 32.5 Å². The van der Waals surface area contributed by atoms with E-state index < -0.39 is 23.8 Å². The Labute approximate surface area is 128 Å². The highest BCUT2D eigenvalue weighted by Gasteiger charge is 2.31. The summed E-state index contributed by atoms with van der Waals surface area (Å²) in [5, 5.41) is 12.2. The lowest BCUT2D eigenvalue weighted by atomic mass is 10.2. The zero-order chi connectivity index (χ0) is 17.0. The summed E-state index contributed by atoms with van der Waals surface area (Å²) < 4.78 is 44.7. The van der Waals surface area contributed by atoms with Crippen LogP contribution in [-0.4, -0.2) is 29.5 Å². The molecular formula is C14H11F3N2O4. The molecule has 6 nitrogen and oxygen atoms in total. The van der Waals surface area contributed by atoms with Crippen molar-refractivity contribution in [3.8, 4) is 17.2 Å². The normalized spacial score (nSPS) is 11.0. The number of methoxy groups -OCH3 is 1. The summed E-state index contributed by atoms with van der Waals surface area (Å²) in [4.78, 5) is 15.7. The van der Waals surface area contributed by atoms with Crippen molar-refractivity contribution in [1.29, 1.82) is 0 Å². The first kappa shape index (κ1) is 16.4. The largest absolute Gasteiger partial charge is 0.573 e. The average Bonchev–Trinajstić information content (AvgIpc) is 2.48. The Kier molecular flexibility index (Phi) is 4.58. The number of nitrogens with zero attached hydrogens (tertiary/aromatic N) is 1. The SMILES string of the molecule is COc1ccnc(C(=O)Nc2ccc(OC(F)(F)F)cc2)c1O. The van der Waals surface area contributed by atoms with Gasteiger partial charge in [-0.05, 0) is 24.3 Å². The maximum absolute atomic E-state index is 12.0. The Morgan fingerprint density at radius 2 is 1.87 bits per heavy atom. The van der Waals surface area contributed by atoms with E-state index in [9.17, 15) is 23.1 Å². The lowest BCUT2D eigenvalue weighted by Crippen LogP contribution is -2.17. The van der Waals surface area contributed by atoms with E-state index in [1.807, 2.05) is 0 Å². The Morgan fingerprint density at radius 3 is 2.43 bits per heavy atom. The van der Waals surface area contributed by atoms with Crippen molar-refractivity contribution >= 4 is 11.6 Å². The molecule has 1 heterocycles. The zero-order valence-corrected chi connectivity index (χ0v) is 11.7. The van der Waals surface area contributed by atoms with Gasteiger partial charge in [-0.3, -0.25) is 4.79 Å². The number of halogens is 3. The van der Waals surface area contributed by atoms with Gasteiger partial charge in [0.05, 0.1) is 7.11 Å². The van der Waals surface area contributed by atoms with Crippen molar-refractivity contribution in [2.75, 3.05) is 12.4 Å². The quantitative estimate of drug-likeness (QED) is 0.902. The Hall–Kier alpha value is -2.97. The molecule has 0 unspecified atom stereocenters. The van der Waals surface area contributed by atoms with Gasteiger partial charge in [0.25, 0.3) is 5.91 Å². The number of benzene rings is 1. The topological polar surface area (TPSA) is 80.7 Å². The van der Waals surface area contributed by atoms with Gasteiger partial charge in [0.15, 0.2) is 17.2 Å². The van der Waals surface area contributed by atoms with Gasteiger partial charge >= 0.3 is 6.36 Å². The first-order valence-electron chi connectivity index (χ1n) is 6.19. The number of carbonyl (C=O) groups is 1. The highest BCUT2D eigenvalue weighted by Crippen LogP contribution is 2.28. The van der Waals surface area contributed by atoms with Crippen molar-refractivity contribution in [2.24, 2.45) is 0 Å². The van der Waals surface area contributed by atoms with Crippen LogP contribution in [0.4, 0.5) is 18.9 Å². The van der Waals surface area contributed by atoms with Crippen molar-refractivity contribution in [3.05, 3.63) is 42.2 Å². The van der Waals surface area contributed by atoms with Gasteiger partial charge in [-0.1, -0.05) is 0 Å². The second kappa shape index (κ2) is 6.42. The predicted octanol–water partition coefficient (Wildman–Crippen LogP) is 2.95. The van der Waals surface area contributed by atoms with Gasteiger partial charge < -0.3 is 19.9 Å². The molecule has 2 aromatic rings. The van der Waals surface area contributed by atoms with E-state index in [2.05, 4.69) is 15.0 Å². The minimum atomic E-state index is -4.79. The summed E-state index contributed by atoms with van der Waals surface area (Å²) in [6.45, 7) is 0. The van der Waals surface area contributed by atoms with Crippen LogP contribution in [0, 0.1) is 0 Å². The monoisotopic (exact) mass is 328 g/mol. The zero-order valence-electron chi connectivity index (χ0n) is 11.7. The number of aromatic hydroxyl groups is 1. The van der Waals surface area contributed by atoms with Crippen LogP contribution in [0.25, 0.3) is 0 Å². The molecule has 0 aliphatic carbocycles. The van der Waals surface area contributed by atoms with Gasteiger partial charge in [0.2, 0.25) is 0 Å². The number of anilines is 1. The fraction of sp³-hybridized carbons (Fsp3) is 0.143. The van der Waals surface area contributed by atoms with E-state index in [1.54, 1.807) is 0 Å². The summed E-state index contributed by atoms with van der Waals surface area (Å²) in [6, 6.07) is 5.89. The minimum absolute atomic E-state index is 0.0686. The third kappa shape index (κ3) is 4.25. The Balaban J connectivity index is 2.12. The number of pyridine rings is 1. The molecule has 0 spiro atoms. The second-order valence-electron chi connectivity index (χ2n) is 4.24. The number of hydrogen-bond donors (Lipinski definition) is 2. The van der Waals surface area contributed by atoms with Crippen LogP contribution in [0.1, 0.15) is 10.5 Å². The van der Waals surface area contributed by atoms with Crippen molar-refractivity contribution in [3.63, 3.8) is 0 Å². The van der Waals surface area contributed by atoms with Crippen LogP contribution in [0.5, 0.6) is 17.2 Å². The second-order valence-corrected chi connectivity index (χ2v) is 4.24. The van der Waals surface area contributed by atoms with Crippen LogP contribution < -0.4 is 14.8 Å². The number of amides is 1. The smallest absolute Gasteiger partial charge is 0.503 e. The molecule has 1 aromatic heterocycles. The highest BCUT2D eigenvalue weighted by atomic mass is 19.4. The number of hydrogen-bond acceptors (Lipinski definition) is 5. The molecule has 0 saturated heterocycles. The summed E-state index contributed by atoms with van der Waals surface area (Å²) in [6.07, 6.45) is -3.52. The summed E-state index contributed by atoms with van der Waals surface area (Å²) in [5.74, 6) is -1.53. The molecule has 1 aromatic carbocycles. The molecule has 23 heavy (non-hydrogen) atoms. The Morgan fingerprint density at radius 1 is 1.22 bits per heavy atom. The van der Waals surface area contributed by atoms with Crippen LogP contribution in [0.2, 0.25) is 0 Å². The van der Waals surface area contributed by atoms with Crippen molar-refractivity contribution in [2.45, 2.75) is 6.36 Å². The highest BCUT2D eigenvalue weighted by molar-refractivity contribution is 6.05. The van der Waals surface area contributed by atoms with Crippen LogP contribution in [-0.2, 0) is 0 Å². The molecular weight excluding hydrogens is 317 g/mol. The van der Waals surface area contributed by atoms with E-state index in [0.29, 0.717) is 0 Å². The third-order valence-corrected chi connectivity index (χ3v) is 2.67. The average molecular weight is 328 g/mol. The van der Waals surface area contributed by atoms with E-state index in [1.165, 1.54) is 31.5 Å². The fourth-order valence-electron chi connectivity index (χ4n) is 1.70. The van der Waals surface area contributed by atoms with E-state index in [-0.39, 0.29) is 17.1 Å². The molecule has 0 aliphatic heterocycles. The predicted molar refractivity (Wildman–Crippen MR) is 73.5 cm³/mol. The lowest BCUT2D eigenvalue weighted by molar-refractivity contribution is -0.274. The molecule has 2 rings (SSSR count). The summed E-state index contributed by atoms with van der Waals surface area (Å²) >= 11 is 0. The third-order valence-electron chi connectivity index (χ3n) is 2.67. The summed E-state index contributed by atoms with van der Waals surface area (Å²) in [5.41, 5.74) is -0.0755. The van der Waals surface area contributed by atoms with Gasteiger partial charge in [-0.25, -0.2) is 4.98 Å².